The van der Waals surface area contributed by atoms with Crippen LogP contribution < -0.4 is 16.2 Å². The van der Waals surface area contributed by atoms with Gasteiger partial charge in [-0.05, 0) is 24.3 Å². The number of hydrogen-bond acceptors (Lipinski definition) is 7. The Bertz CT molecular complexity index is 873. The Hall–Kier alpha value is -3.56. The van der Waals surface area contributed by atoms with Crippen molar-refractivity contribution in [1.29, 1.82) is 0 Å². The molecule has 0 aliphatic heterocycles. The summed E-state index contributed by atoms with van der Waals surface area (Å²) in [5.41, 5.74) is -0.316. The minimum absolute atomic E-state index is 0.113. The molecule has 0 aliphatic rings. The van der Waals surface area contributed by atoms with Gasteiger partial charge in [-0.15, -0.1) is 10.2 Å². The number of aromatic nitrogens is 6. The molecule has 0 aliphatic carbocycles. The average molecular weight is 340 g/mol. The standard InChI is InChI=1S/C15H16N8O2/c24-14(11-23-15(25)3-1-6-19-23)17-9-8-16-12-4-5-13(21-20-12)22-10-2-7-18-22/h1-7,10H,8-9,11H2,(H,16,20)(H,17,24). The van der Waals surface area contributed by atoms with Crippen molar-refractivity contribution in [3.63, 3.8) is 0 Å². The monoisotopic (exact) mass is 340 g/mol. The zero-order chi connectivity index (χ0) is 17.5. The predicted octanol–water partition coefficient (Wildman–Crippen LogP) is -0.553. The molecule has 10 nitrogen and oxygen atoms in total. The van der Waals surface area contributed by atoms with E-state index < -0.39 is 0 Å². The van der Waals surface area contributed by atoms with Crippen LogP contribution in [0, 0.1) is 0 Å². The SMILES string of the molecule is O=C(Cn1ncccc1=O)NCCNc1ccc(-n2cccn2)nn1. The van der Waals surface area contributed by atoms with Gasteiger partial charge in [0.05, 0.1) is 0 Å². The first-order valence-electron chi connectivity index (χ1n) is 7.59. The molecule has 3 aromatic heterocycles. The summed E-state index contributed by atoms with van der Waals surface area (Å²) in [4.78, 5) is 23.2. The number of nitrogens with one attached hydrogen (secondary N) is 2. The van der Waals surface area contributed by atoms with Crippen molar-refractivity contribution >= 4 is 11.7 Å². The Morgan fingerprint density at radius 1 is 1.04 bits per heavy atom. The average Bonchev–Trinajstić information content (AvgIpc) is 3.16. The van der Waals surface area contributed by atoms with Crippen LogP contribution in [0.5, 0.6) is 0 Å². The molecule has 25 heavy (non-hydrogen) atoms. The number of carbonyl (C=O) groups excluding carboxylic acids is 1. The van der Waals surface area contributed by atoms with Crippen LogP contribution in [0.15, 0.2) is 53.7 Å². The van der Waals surface area contributed by atoms with Crippen molar-refractivity contribution in [1.82, 2.24) is 35.1 Å². The fourth-order valence-electron chi connectivity index (χ4n) is 2.04. The minimum Gasteiger partial charge on any atom is -0.367 e. The second-order valence-corrected chi connectivity index (χ2v) is 5.02. The highest BCUT2D eigenvalue weighted by Gasteiger charge is 2.04. The number of carbonyl (C=O) groups is 1. The Morgan fingerprint density at radius 3 is 2.64 bits per heavy atom. The van der Waals surface area contributed by atoms with Crippen molar-refractivity contribution < 1.29 is 4.79 Å². The third kappa shape index (κ3) is 4.47. The summed E-state index contributed by atoms with van der Waals surface area (Å²) in [5.74, 6) is 0.915. The van der Waals surface area contributed by atoms with Gasteiger partial charge in [-0.2, -0.15) is 10.2 Å². The molecule has 0 saturated heterocycles. The zero-order valence-corrected chi connectivity index (χ0v) is 13.2. The van der Waals surface area contributed by atoms with E-state index >= 15 is 0 Å². The van der Waals surface area contributed by atoms with Crippen molar-refractivity contribution in [2.75, 3.05) is 18.4 Å². The molecule has 3 rings (SSSR count). The zero-order valence-electron chi connectivity index (χ0n) is 13.2. The molecular formula is C15H16N8O2. The van der Waals surface area contributed by atoms with Gasteiger partial charge in [-0.25, -0.2) is 9.36 Å². The van der Waals surface area contributed by atoms with Gasteiger partial charge in [-0.1, -0.05) is 0 Å². The number of hydrogen-bond donors (Lipinski definition) is 2. The Morgan fingerprint density at radius 2 is 1.92 bits per heavy atom. The van der Waals surface area contributed by atoms with Crippen LogP contribution >= 0.6 is 0 Å². The van der Waals surface area contributed by atoms with E-state index in [4.69, 9.17) is 0 Å². The summed E-state index contributed by atoms with van der Waals surface area (Å²) in [6.45, 7) is 0.736. The van der Waals surface area contributed by atoms with E-state index in [-0.39, 0.29) is 18.0 Å². The molecular weight excluding hydrogens is 324 g/mol. The molecule has 0 bridgehead atoms. The van der Waals surface area contributed by atoms with E-state index in [0.29, 0.717) is 24.7 Å². The van der Waals surface area contributed by atoms with E-state index in [1.54, 1.807) is 35.3 Å². The third-order valence-electron chi connectivity index (χ3n) is 3.22. The number of amides is 1. The van der Waals surface area contributed by atoms with Crippen molar-refractivity contribution in [2.24, 2.45) is 0 Å². The van der Waals surface area contributed by atoms with E-state index in [0.717, 1.165) is 4.68 Å². The summed E-state index contributed by atoms with van der Waals surface area (Å²) in [6.07, 6.45) is 4.90. The van der Waals surface area contributed by atoms with Gasteiger partial charge >= 0.3 is 0 Å². The number of rotatable bonds is 7. The predicted molar refractivity (Wildman–Crippen MR) is 89.2 cm³/mol. The van der Waals surface area contributed by atoms with Crippen LogP contribution in [-0.2, 0) is 11.3 Å². The molecule has 0 unspecified atom stereocenters. The Kier molecular flexibility index (Phi) is 5.10. The van der Waals surface area contributed by atoms with Crippen molar-refractivity contribution in [2.45, 2.75) is 6.54 Å². The van der Waals surface area contributed by atoms with Crippen LogP contribution in [0.1, 0.15) is 0 Å². The van der Waals surface area contributed by atoms with Gasteiger partial charge in [0.25, 0.3) is 5.56 Å². The first kappa shape index (κ1) is 16.3. The number of anilines is 1. The van der Waals surface area contributed by atoms with E-state index in [2.05, 4.69) is 31.0 Å². The van der Waals surface area contributed by atoms with Crippen LogP contribution in [0.25, 0.3) is 5.82 Å². The largest absolute Gasteiger partial charge is 0.367 e. The summed E-state index contributed by atoms with van der Waals surface area (Å²) in [6, 6.07) is 8.25. The summed E-state index contributed by atoms with van der Waals surface area (Å²) < 4.78 is 2.71. The lowest BCUT2D eigenvalue weighted by molar-refractivity contribution is -0.121. The van der Waals surface area contributed by atoms with Crippen LogP contribution in [0.3, 0.4) is 0 Å². The molecule has 3 heterocycles. The molecule has 0 fully saturated rings. The Labute approximate surface area is 142 Å². The van der Waals surface area contributed by atoms with Gasteiger partial charge in [0.1, 0.15) is 12.4 Å². The molecule has 3 aromatic rings. The molecule has 2 N–H and O–H groups in total. The van der Waals surface area contributed by atoms with Crippen molar-refractivity contribution in [3.8, 4) is 5.82 Å². The van der Waals surface area contributed by atoms with E-state index in [9.17, 15) is 9.59 Å². The maximum atomic E-state index is 11.8. The van der Waals surface area contributed by atoms with Gasteiger partial charge < -0.3 is 10.6 Å². The summed E-state index contributed by atoms with van der Waals surface area (Å²) >= 11 is 0. The first-order chi connectivity index (χ1) is 12.2. The van der Waals surface area contributed by atoms with Gasteiger partial charge in [-0.3, -0.25) is 9.59 Å². The summed E-state index contributed by atoms with van der Waals surface area (Å²) in [7, 11) is 0. The lowest BCUT2D eigenvalue weighted by atomic mass is 10.4. The second kappa shape index (κ2) is 7.81. The highest BCUT2D eigenvalue weighted by atomic mass is 16.2. The molecule has 128 valence electrons. The lowest BCUT2D eigenvalue weighted by Crippen LogP contribution is -2.35. The van der Waals surface area contributed by atoms with Gasteiger partial charge in [0.2, 0.25) is 5.91 Å². The minimum atomic E-state index is -0.316. The fraction of sp³-hybridized carbons (Fsp3) is 0.200. The fourth-order valence-corrected chi connectivity index (χ4v) is 2.04. The van der Waals surface area contributed by atoms with E-state index in [1.807, 2.05) is 0 Å². The molecule has 0 aromatic carbocycles. The lowest BCUT2D eigenvalue weighted by Gasteiger charge is -2.08. The summed E-state index contributed by atoms with van der Waals surface area (Å²) in [5, 5.41) is 21.7. The normalized spacial score (nSPS) is 10.4. The molecule has 1 amide bonds. The van der Waals surface area contributed by atoms with Crippen LogP contribution in [0.4, 0.5) is 5.82 Å². The quantitative estimate of drug-likeness (QED) is 0.554. The van der Waals surface area contributed by atoms with Crippen LogP contribution in [-0.4, -0.2) is 48.8 Å². The molecule has 0 radical (unpaired) electrons. The topological polar surface area (TPSA) is 120 Å². The van der Waals surface area contributed by atoms with Crippen LogP contribution in [0.2, 0.25) is 0 Å². The smallest absolute Gasteiger partial charge is 0.267 e. The van der Waals surface area contributed by atoms with Gasteiger partial charge in [0.15, 0.2) is 5.82 Å². The maximum absolute atomic E-state index is 11.8. The highest BCUT2D eigenvalue weighted by molar-refractivity contribution is 5.75. The maximum Gasteiger partial charge on any atom is 0.267 e. The molecule has 0 spiro atoms. The van der Waals surface area contributed by atoms with Crippen molar-refractivity contribution in [3.05, 3.63) is 59.3 Å². The number of nitrogens with zero attached hydrogens (tertiary/aromatic N) is 6. The highest BCUT2D eigenvalue weighted by Crippen LogP contribution is 2.04. The molecule has 0 saturated carbocycles. The third-order valence-corrected chi connectivity index (χ3v) is 3.22. The second-order valence-electron chi connectivity index (χ2n) is 5.02. The van der Waals surface area contributed by atoms with Gasteiger partial charge in [0, 0.05) is 37.7 Å². The Balaban J connectivity index is 1.42. The molecule has 10 heteroatoms. The molecule has 0 atom stereocenters. The van der Waals surface area contributed by atoms with E-state index in [1.165, 1.54) is 18.3 Å². The first-order valence-corrected chi connectivity index (χ1v) is 7.59.